The summed E-state index contributed by atoms with van der Waals surface area (Å²) < 4.78 is 5.75. The second-order valence-electron chi connectivity index (χ2n) is 5.47. The van der Waals surface area contributed by atoms with E-state index in [0.717, 1.165) is 29.6 Å². The van der Waals surface area contributed by atoms with E-state index in [1.807, 2.05) is 32.2 Å². The van der Waals surface area contributed by atoms with Crippen LogP contribution in [0, 0.1) is 6.92 Å². The quantitative estimate of drug-likeness (QED) is 0.869. The number of hydrogen-bond donors (Lipinski definition) is 1. The summed E-state index contributed by atoms with van der Waals surface area (Å²) in [5.41, 5.74) is 2.46. The molecule has 114 valence electrons. The summed E-state index contributed by atoms with van der Waals surface area (Å²) in [7, 11) is 4.04. The van der Waals surface area contributed by atoms with E-state index >= 15 is 0 Å². The highest BCUT2D eigenvalue weighted by Crippen LogP contribution is 2.25. The van der Waals surface area contributed by atoms with Crippen LogP contribution in [0.3, 0.4) is 0 Å². The maximum Gasteiger partial charge on any atom is 0.118 e. The van der Waals surface area contributed by atoms with Gasteiger partial charge in [-0.3, -0.25) is 4.90 Å². The van der Waals surface area contributed by atoms with Gasteiger partial charge < -0.3 is 9.73 Å². The Kier molecular flexibility index (Phi) is 5.45. The predicted octanol–water partition coefficient (Wildman–Crippen LogP) is 4.15. The first-order valence-electron chi connectivity index (χ1n) is 7.19. The molecular weight excluding hydrogens is 284 g/mol. The van der Waals surface area contributed by atoms with Crippen molar-refractivity contribution in [1.82, 2.24) is 10.2 Å². The van der Waals surface area contributed by atoms with E-state index in [-0.39, 0.29) is 0 Å². The van der Waals surface area contributed by atoms with Gasteiger partial charge in [0.1, 0.15) is 11.5 Å². The Labute approximate surface area is 131 Å². The van der Waals surface area contributed by atoms with Crippen LogP contribution >= 0.6 is 11.6 Å². The fourth-order valence-electron chi connectivity index (χ4n) is 2.43. The summed E-state index contributed by atoms with van der Waals surface area (Å²) >= 11 is 6.08. The number of halogens is 1. The Morgan fingerprint density at radius 2 is 2.10 bits per heavy atom. The number of nitrogens with zero attached hydrogens (tertiary/aromatic N) is 1. The van der Waals surface area contributed by atoms with Gasteiger partial charge in [-0.05, 0) is 51.7 Å². The molecule has 0 amide bonds. The van der Waals surface area contributed by atoms with Crippen LogP contribution in [0.2, 0.25) is 5.02 Å². The number of aryl methyl sites for hydroxylation is 1. The molecule has 1 aromatic heterocycles. The number of benzene rings is 1. The van der Waals surface area contributed by atoms with E-state index in [1.54, 1.807) is 0 Å². The van der Waals surface area contributed by atoms with Crippen molar-refractivity contribution in [3.8, 4) is 0 Å². The van der Waals surface area contributed by atoms with Crippen molar-refractivity contribution in [1.29, 1.82) is 0 Å². The normalized spacial score (nSPS) is 12.9. The molecule has 1 heterocycles. The third kappa shape index (κ3) is 4.10. The van der Waals surface area contributed by atoms with Gasteiger partial charge in [0.15, 0.2) is 0 Å². The Hall–Kier alpha value is -1.29. The summed E-state index contributed by atoms with van der Waals surface area (Å²) in [5, 5.41) is 3.89. The first-order valence-corrected chi connectivity index (χ1v) is 7.57. The van der Waals surface area contributed by atoms with Crippen LogP contribution in [0.1, 0.15) is 35.6 Å². The van der Waals surface area contributed by atoms with Crippen molar-refractivity contribution in [3.63, 3.8) is 0 Å². The largest absolute Gasteiger partial charge is 0.465 e. The molecule has 0 aliphatic rings. The predicted molar refractivity (Wildman–Crippen MR) is 87.5 cm³/mol. The summed E-state index contributed by atoms with van der Waals surface area (Å²) in [6.07, 6.45) is 0. The Morgan fingerprint density at radius 1 is 1.33 bits per heavy atom. The average Bonchev–Trinajstić information content (AvgIpc) is 2.78. The van der Waals surface area contributed by atoms with E-state index in [4.69, 9.17) is 16.0 Å². The smallest absolute Gasteiger partial charge is 0.118 e. The first kappa shape index (κ1) is 16.1. The van der Waals surface area contributed by atoms with Gasteiger partial charge in [0, 0.05) is 23.2 Å². The van der Waals surface area contributed by atoms with Gasteiger partial charge >= 0.3 is 0 Å². The lowest BCUT2D eigenvalue weighted by Crippen LogP contribution is -2.22. The van der Waals surface area contributed by atoms with E-state index in [9.17, 15) is 0 Å². The van der Waals surface area contributed by atoms with E-state index in [2.05, 4.69) is 36.3 Å². The molecular formula is C17H23ClN2O. The van der Waals surface area contributed by atoms with E-state index in [1.165, 1.54) is 11.1 Å². The molecule has 0 saturated carbocycles. The lowest BCUT2D eigenvalue weighted by molar-refractivity contribution is 0.251. The molecule has 1 atom stereocenters. The van der Waals surface area contributed by atoms with Crippen molar-refractivity contribution in [2.24, 2.45) is 0 Å². The van der Waals surface area contributed by atoms with Gasteiger partial charge in [-0.25, -0.2) is 0 Å². The molecule has 0 bridgehead atoms. The molecule has 0 radical (unpaired) electrons. The molecule has 21 heavy (non-hydrogen) atoms. The molecule has 1 aromatic carbocycles. The van der Waals surface area contributed by atoms with Crippen LogP contribution in [-0.4, -0.2) is 19.0 Å². The Morgan fingerprint density at radius 3 is 2.76 bits per heavy atom. The van der Waals surface area contributed by atoms with Gasteiger partial charge in [0.25, 0.3) is 0 Å². The highest BCUT2D eigenvalue weighted by Gasteiger charge is 2.15. The fraction of sp³-hybridized carbons (Fsp3) is 0.412. The highest BCUT2D eigenvalue weighted by molar-refractivity contribution is 6.30. The number of rotatable bonds is 6. The first-order chi connectivity index (χ1) is 10.0. The number of nitrogens with one attached hydrogen (secondary N) is 1. The minimum atomic E-state index is 0.297. The van der Waals surface area contributed by atoms with Crippen LogP contribution in [0.25, 0.3) is 0 Å². The van der Waals surface area contributed by atoms with Crippen LogP contribution < -0.4 is 5.32 Å². The standard InChI is InChI=1S/C17H23ClN2O/c1-12(14-6-5-7-16(18)8-14)20(4)11-15-9-17(10-19-3)21-13(15)2/h5-9,12,19H,10-11H2,1-4H3. The summed E-state index contributed by atoms with van der Waals surface area (Å²) in [4.78, 5) is 2.30. The zero-order valence-electron chi connectivity index (χ0n) is 13.1. The van der Waals surface area contributed by atoms with Gasteiger partial charge in [0.05, 0.1) is 6.54 Å². The molecule has 2 rings (SSSR count). The lowest BCUT2D eigenvalue weighted by atomic mass is 10.1. The maximum absolute atomic E-state index is 6.08. The van der Waals surface area contributed by atoms with Crippen molar-refractivity contribution in [3.05, 3.63) is 58.0 Å². The molecule has 1 unspecified atom stereocenters. The molecule has 2 aromatic rings. The minimum Gasteiger partial charge on any atom is -0.465 e. The second-order valence-corrected chi connectivity index (χ2v) is 5.91. The molecule has 4 heteroatoms. The maximum atomic E-state index is 6.08. The van der Waals surface area contributed by atoms with Crippen LogP contribution in [0.15, 0.2) is 34.7 Å². The Balaban J connectivity index is 2.08. The minimum absolute atomic E-state index is 0.297. The van der Waals surface area contributed by atoms with Crippen LogP contribution in [0.4, 0.5) is 0 Å². The molecule has 0 aliphatic heterocycles. The van der Waals surface area contributed by atoms with Crippen LogP contribution in [-0.2, 0) is 13.1 Å². The number of hydrogen-bond acceptors (Lipinski definition) is 3. The van der Waals surface area contributed by atoms with Crippen LogP contribution in [0.5, 0.6) is 0 Å². The fourth-order valence-corrected chi connectivity index (χ4v) is 2.63. The van der Waals surface area contributed by atoms with Crippen molar-refractivity contribution >= 4 is 11.6 Å². The van der Waals surface area contributed by atoms with Gasteiger partial charge in [-0.1, -0.05) is 23.7 Å². The van der Waals surface area contributed by atoms with Crippen molar-refractivity contribution < 1.29 is 4.42 Å². The third-order valence-corrected chi connectivity index (χ3v) is 4.07. The SMILES string of the molecule is CNCc1cc(CN(C)C(C)c2cccc(Cl)c2)c(C)o1. The highest BCUT2D eigenvalue weighted by atomic mass is 35.5. The topological polar surface area (TPSA) is 28.4 Å². The van der Waals surface area contributed by atoms with Gasteiger partial charge in [-0.2, -0.15) is 0 Å². The molecule has 1 N–H and O–H groups in total. The average molecular weight is 307 g/mol. The molecule has 0 aliphatic carbocycles. The summed E-state index contributed by atoms with van der Waals surface area (Å²) in [5.74, 6) is 1.97. The second kappa shape index (κ2) is 7.12. The van der Waals surface area contributed by atoms with Crippen molar-refractivity contribution in [2.45, 2.75) is 33.0 Å². The monoisotopic (exact) mass is 306 g/mol. The summed E-state index contributed by atoms with van der Waals surface area (Å²) in [6.45, 7) is 5.82. The van der Waals surface area contributed by atoms with Gasteiger partial charge in [0.2, 0.25) is 0 Å². The zero-order chi connectivity index (χ0) is 15.4. The Bertz CT molecular complexity index is 594. The number of furan rings is 1. The lowest BCUT2D eigenvalue weighted by Gasteiger charge is -2.25. The molecule has 0 fully saturated rings. The van der Waals surface area contributed by atoms with E-state index < -0.39 is 0 Å². The van der Waals surface area contributed by atoms with Crippen molar-refractivity contribution in [2.75, 3.05) is 14.1 Å². The molecule has 3 nitrogen and oxygen atoms in total. The van der Waals surface area contributed by atoms with E-state index in [0.29, 0.717) is 6.04 Å². The molecule has 0 spiro atoms. The third-order valence-electron chi connectivity index (χ3n) is 3.83. The molecule has 0 saturated heterocycles. The zero-order valence-corrected chi connectivity index (χ0v) is 13.9. The summed E-state index contributed by atoms with van der Waals surface area (Å²) in [6, 6.07) is 10.5. The van der Waals surface area contributed by atoms with Gasteiger partial charge in [-0.15, -0.1) is 0 Å².